The Morgan fingerprint density at radius 2 is 2.04 bits per heavy atom. The summed E-state index contributed by atoms with van der Waals surface area (Å²) in [6.07, 6.45) is 5.51. The van der Waals surface area contributed by atoms with Crippen molar-refractivity contribution in [1.82, 2.24) is 19.6 Å². The highest BCUT2D eigenvalue weighted by atomic mass is 35.5. The molecule has 0 aromatic carbocycles. The van der Waals surface area contributed by atoms with E-state index in [0.29, 0.717) is 17.1 Å². The summed E-state index contributed by atoms with van der Waals surface area (Å²) in [6, 6.07) is 0.320. The molecule has 0 N–H and O–H groups in total. The summed E-state index contributed by atoms with van der Waals surface area (Å²) < 4.78 is 1.82. The third kappa shape index (κ3) is 5.08. The molecule has 0 saturated carbocycles. The van der Waals surface area contributed by atoms with Gasteiger partial charge in [-0.15, -0.1) is 0 Å². The Balaban J connectivity index is 2.01. The molecular formula is C19H31ClN4O. The SMILES string of the molecule is CCN1CCC(N(C)C(=O)/C=C/c2c(C)nn(CC(C)C)c2Cl)CC1. The van der Waals surface area contributed by atoms with E-state index < -0.39 is 0 Å². The van der Waals surface area contributed by atoms with Crippen LogP contribution in [0, 0.1) is 12.8 Å². The second-order valence-corrected chi connectivity index (χ2v) is 7.67. The summed E-state index contributed by atoms with van der Waals surface area (Å²) in [7, 11) is 1.90. The van der Waals surface area contributed by atoms with Crippen LogP contribution in [0.15, 0.2) is 6.08 Å². The molecule has 0 unspecified atom stereocenters. The maximum absolute atomic E-state index is 12.5. The van der Waals surface area contributed by atoms with Gasteiger partial charge in [-0.05, 0) is 38.3 Å². The van der Waals surface area contributed by atoms with Gasteiger partial charge in [0.15, 0.2) is 0 Å². The Kier molecular flexibility index (Phi) is 7.08. The molecule has 1 amide bonds. The molecule has 1 aliphatic rings. The van der Waals surface area contributed by atoms with Crippen molar-refractivity contribution in [3.8, 4) is 0 Å². The minimum Gasteiger partial charge on any atom is -0.339 e. The van der Waals surface area contributed by atoms with E-state index in [1.165, 1.54) is 0 Å². The minimum atomic E-state index is 0.0297. The summed E-state index contributed by atoms with van der Waals surface area (Å²) in [5.41, 5.74) is 1.69. The number of halogens is 1. The second-order valence-electron chi connectivity index (χ2n) is 7.31. The summed E-state index contributed by atoms with van der Waals surface area (Å²) in [5, 5.41) is 5.09. The molecule has 0 radical (unpaired) electrons. The molecule has 1 fully saturated rings. The number of carbonyl (C=O) groups excluding carboxylic acids is 1. The Morgan fingerprint density at radius 3 is 2.60 bits per heavy atom. The fraction of sp³-hybridized carbons (Fsp3) is 0.684. The van der Waals surface area contributed by atoms with Crippen LogP contribution in [0.5, 0.6) is 0 Å². The molecular weight excluding hydrogens is 336 g/mol. The average molecular weight is 367 g/mol. The van der Waals surface area contributed by atoms with Crippen LogP contribution < -0.4 is 0 Å². The monoisotopic (exact) mass is 366 g/mol. The van der Waals surface area contributed by atoms with Crippen molar-refractivity contribution in [2.24, 2.45) is 5.92 Å². The lowest BCUT2D eigenvalue weighted by Crippen LogP contribution is -2.45. The minimum absolute atomic E-state index is 0.0297. The van der Waals surface area contributed by atoms with E-state index in [1.807, 2.05) is 29.6 Å². The number of aromatic nitrogens is 2. The number of likely N-dealkylation sites (N-methyl/N-ethyl adjacent to an activating group) is 1. The summed E-state index contributed by atoms with van der Waals surface area (Å²) in [5.74, 6) is 0.498. The molecule has 2 rings (SSSR count). The van der Waals surface area contributed by atoms with E-state index in [1.54, 1.807) is 6.08 Å². The van der Waals surface area contributed by atoms with E-state index in [0.717, 1.165) is 50.3 Å². The number of hydrogen-bond donors (Lipinski definition) is 0. The van der Waals surface area contributed by atoms with Gasteiger partial charge in [0.25, 0.3) is 0 Å². The molecule has 6 heteroatoms. The van der Waals surface area contributed by atoms with Gasteiger partial charge >= 0.3 is 0 Å². The van der Waals surface area contributed by atoms with Gasteiger partial charge in [0.05, 0.1) is 5.69 Å². The standard InChI is InChI=1S/C19H31ClN4O/c1-6-23-11-9-16(10-12-23)22(5)18(25)8-7-17-15(4)21-24(19(17)20)13-14(2)3/h7-8,14,16H,6,9-13H2,1-5H3/b8-7+. The van der Waals surface area contributed by atoms with Crippen LogP contribution in [0.2, 0.25) is 5.15 Å². The van der Waals surface area contributed by atoms with Crippen molar-refractivity contribution >= 4 is 23.6 Å². The lowest BCUT2D eigenvalue weighted by Gasteiger charge is -2.35. The second kappa shape index (κ2) is 8.86. The molecule has 0 atom stereocenters. The number of amides is 1. The predicted molar refractivity (Wildman–Crippen MR) is 104 cm³/mol. The Morgan fingerprint density at radius 1 is 1.40 bits per heavy atom. The van der Waals surface area contributed by atoms with Gasteiger partial charge in [0, 0.05) is 44.4 Å². The molecule has 1 saturated heterocycles. The number of hydrogen-bond acceptors (Lipinski definition) is 3. The van der Waals surface area contributed by atoms with Gasteiger partial charge in [0.1, 0.15) is 5.15 Å². The Labute approximate surface area is 156 Å². The molecule has 1 aromatic rings. The van der Waals surface area contributed by atoms with Crippen molar-refractivity contribution < 1.29 is 4.79 Å². The lowest BCUT2D eigenvalue weighted by atomic mass is 10.0. The molecule has 0 aliphatic carbocycles. The van der Waals surface area contributed by atoms with E-state index in [-0.39, 0.29) is 5.91 Å². The first-order valence-electron chi connectivity index (χ1n) is 9.23. The van der Waals surface area contributed by atoms with E-state index in [4.69, 9.17) is 11.6 Å². The molecule has 1 aliphatic heterocycles. The largest absolute Gasteiger partial charge is 0.339 e. The fourth-order valence-corrected chi connectivity index (χ4v) is 3.60. The van der Waals surface area contributed by atoms with Gasteiger partial charge in [0.2, 0.25) is 5.91 Å². The summed E-state index contributed by atoms with van der Waals surface area (Å²) in [6.45, 7) is 12.4. The quantitative estimate of drug-likeness (QED) is 0.724. The Bertz CT molecular complexity index is 615. The molecule has 140 valence electrons. The number of rotatable bonds is 6. The van der Waals surface area contributed by atoms with Crippen LogP contribution in [0.25, 0.3) is 6.08 Å². The maximum atomic E-state index is 12.5. The van der Waals surface area contributed by atoms with Gasteiger partial charge in [-0.3, -0.25) is 9.48 Å². The zero-order chi connectivity index (χ0) is 18.6. The fourth-order valence-electron chi connectivity index (χ4n) is 3.30. The van der Waals surface area contributed by atoms with Crippen LogP contribution in [0.4, 0.5) is 0 Å². The molecule has 0 spiro atoms. The summed E-state index contributed by atoms with van der Waals surface area (Å²) >= 11 is 6.44. The molecule has 5 nitrogen and oxygen atoms in total. The zero-order valence-electron chi connectivity index (χ0n) is 16.1. The van der Waals surface area contributed by atoms with Crippen molar-refractivity contribution in [1.29, 1.82) is 0 Å². The molecule has 0 bridgehead atoms. The van der Waals surface area contributed by atoms with E-state index >= 15 is 0 Å². The number of likely N-dealkylation sites (tertiary alicyclic amines) is 1. The third-order valence-electron chi connectivity index (χ3n) is 4.94. The highest BCUT2D eigenvalue weighted by Crippen LogP contribution is 2.23. The smallest absolute Gasteiger partial charge is 0.246 e. The van der Waals surface area contributed by atoms with Crippen LogP contribution in [-0.2, 0) is 11.3 Å². The van der Waals surface area contributed by atoms with Crippen molar-refractivity contribution in [2.45, 2.75) is 53.1 Å². The highest BCUT2D eigenvalue weighted by Gasteiger charge is 2.23. The number of nitrogens with zero attached hydrogens (tertiary/aromatic N) is 4. The molecule has 2 heterocycles. The van der Waals surface area contributed by atoms with Crippen LogP contribution in [0.1, 0.15) is 44.9 Å². The van der Waals surface area contributed by atoms with E-state index in [2.05, 4.69) is 30.8 Å². The first-order valence-corrected chi connectivity index (χ1v) is 9.61. The van der Waals surface area contributed by atoms with Gasteiger partial charge in [-0.2, -0.15) is 5.10 Å². The predicted octanol–water partition coefficient (Wildman–Crippen LogP) is 3.46. The zero-order valence-corrected chi connectivity index (χ0v) is 16.9. The van der Waals surface area contributed by atoms with Crippen LogP contribution in [-0.4, -0.2) is 58.2 Å². The first kappa shape index (κ1) is 20.0. The van der Waals surface area contributed by atoms with Crippen molar-refractivity contribution in [3.05, 3.63) is 22.5 Å². The number of carbonyl (C=O) groups is 1. The molecule has 1 aromatic heterocycles. The van der Waals surface area contributed by atoms with E-state index in [9.17, 15) is 4.79 Å². The normalized spacial score (nSPS) is 16.9. The number of aryl methyl sites for hydroxylation is 1. The Hall–Kier alpha value is -1.33. The van der Waals surface area contributed by atoms with Gasteiger partial charge in [-0.1, -0.05) is 32.4 Å². The highest BCUT2D eigenvalue weighted by molar-refractivity contribution is 6.31. The van der Waals surface area contributed by atoms with Gasteiger partial charge in [-0.25, -0.2) is 0 Å². The van der Waals surface area contributed by atoms with Crippen LogP contribution >= 0.6 is 11.6 Å². The summed E-state index contributed by atoms with van der Waals surface area (Å²) in [4.78, 5) is 16.8. The topological polar surface area (TPSA) is 41.4 Å². The maximum Gasteiger partial charge on any atom is 0.246 e. The van der Waals surface area contributed by atoms with Gasteiger partial charge < -0.3 is 9.80 Å². The van der Waals surface area contributed by atoms with Crippen molar-refractivity contribution in [2.75, 3.05) is 26.7 Å². The third-order valence-corrected chi connectivity index (χ3v) is 5.34. The van der Waals surface area contributed by atoms with Crippen LogP contribution in [0.3, 0.4) is 0 Å². The lowest BCUT2D eigenvalue weighted by molar-refractivity contribution is -0.127. The first-order chi connectivity index (χ1) is 11.8. The number of piperidine rings is 1. The van der Waals surface area contributed by atoms with Crippen molar-refractivity contribution in [3.63, 3.8) is 0 Å². The average Bonchev–Trinajstić information content (AvgIpc) is 2.85. The molecule has 25 heavy (non-hydrogen) atoms.